The first-order chi connectivity index (χ1) is 6.22. The van der Waals surface area contributed by atoms with E-state index < -0.39 is 6.04 Å². The molecule has 0 aliphatic heterocycles. The Morgan fingerprint density at radius 1 is 1.69 bits per heavy atom. The van der Waals surface area contributed by atoms with Crippen molar-refractivity contribution >= 4 is 27.5 Å². The number of carbonyl (C=O) groups is 1. The molecule has 0 aromatic heterocycles. The number of hydrogen-bond donors (Lipinski definition) is 2. The molecule has 0 heterocycles. The highest BCUT2D eigenvalue weighted by Gasteiger charge is 2.11. The molecule has 0 saturated carbocycles. The molecule has 0 saturated heterocycles. The summed E-state index contributed by atoms with van der Waals surface area (Å²) < 4.78 is 0. The number of nitrogens with one attached hydrogen (secondary N) is 1. The molecule has 3 N–H and O–H groups in total. The van der Waals surface area contributed by atoms with Gasteiger partial charge in [0.25, 0.3) is 0 Å². The Labute approximate surface area is 87.0 Å². The molecule has 13 heavy (non-hydrogen) atoms. The Balaban J connectivity index is 3.52. The highest BCUT2D eigenvalue weighted by atomic mass is 33.1. The van der Waals surface area contributed by atoms with E-state index in [0.717, 1.165) is 5.75 Å². The minimum Gasteiger partial charge on any atom is -0.344 e. The molecular formula is C8H14N2OS2. The summed E-state index contributed by atoms with van der Waals surface area (Å²) in [6, 6.07) is -0.461. The lowest BCUT2D eigenvalue weighted by Gasteiger charge is -2.09. The van der Waals surface area contributed by atoms with Crippen LogP contribution in [0.1, 0.15) is 6.92 Å². The van der Waals surface area contributed by atoms with Gasteiger partial charge in [-0.25, -0.2) is 0 Å². The summed E-state index contributed by atoms with van der Waals surface area (Å²) in [5.74, 6) is 3.78. The Kier molecular flexibility index (Phi) is 8.10. The van der Waals surface area contributed by atoms with Crippen LogP contribution in [0, 0.1) is 12.3 Å². The van der Waals surface area contributed by atoms with E-state index in [1.165, 1.54) is 0 Å². The molecule has 0 rings (SSSR count). The van der Waals surface area contributed by atoms with Crippen LogP contribution in [0.2, 0.25) is 0 Å². The van der Waals surface area contributed by atoms with Crippen LogP contribution in [0.4, 0.5) is 0 Å². The standard InChI is InChI=1S/C8H14N2OS2/c1-3-5-10-8(11)7(9)6-13-12-4-2/h1,7H,4-6,9H2,2H3,(H,10,11). The Morgan fingerprint density at radius 2 is 2.38 bits per heavy atom. The fourth-order valence-electron chi connectivity index (χ4n) is 0.550. The number of terminal acetylenes is 1. The van der Waals surface area contributed by atoms with Crippen LogP contribution in [0.3, 0.4) is 0 Å². The van der Waals surface area contributed by atoms with Crippen LogP contribution >= 0.6 is 21.6 Å². The summed E-state index contributed by atoms with van der Waals surface area (Å²) in [6.07, 6.45) is 4.98. The molecule has 1 unspecified atom stereocenters. The zero-order chi connectivity index (χ0) is 10.1. The molecule has 3 nitrogen and oxygen atoms in total. The third kappa shape index (κ3) is 6.82. The number of hydrogen-bond acceptors (Lipinski definition) is 4. The third-order valence-corrected chi connectivity index (χ3v) is 3.66. The first-order valence-electron chi connectivity index (χ1n) is 3.93. The van der Waals surface area contributed by atoms with E-state index in [9.17, 15) is 4.79 Å². The van der Waals surface area contributed by atoms with Gasteiger partial charge in [0.1, 0.15) is 0 Å². The quantitative estimate of drug-likeness (QED) is 0.386. The van der Waals surface area contributed by atoms with Crippen molar-refractivity contribution in [1.29, 1.82) is 0 Å². The van der Waals surface area contributed by atoms with Crippen molar-refractivity contribution in [2.75, 3.05) is 18.1 Å². The second kappa shape index (κ2) is 8.30. The first-order valence-corrected chi connectivity index (χ1v) is 6.42. The van der Waals surface area contributed by atoms with E-state index in [0.29, 0.717) is 5.75 Å². The minimum atomic E-state index is -0.461. The molecule has 0 radical (unpaired) electrons. The van der Waals surface area contributed by atoms with E-state index in [-0.39, 0.29) is 12.5 Å². The van der Waals surface area contributed by atoms with E-state index in [4.69, 9.17) is 12.2 Å². The topological polar surface area (TPSA) is 55.1 Å². The summed E-state index contributed by atoms with van der Waals surface area (Å²) in [5, 5.41) is 2.54. The van der Waals surface area contributed by atoms with Crippen molar-refractivity contribution in [3.8, 4) is 12.3 Å². The number of carbonyl (C=O) groups excluding carboxylic acids is 1. The highest BCUT2D eigenvalue weighted by Crippen LogP contribution is 2.20. The zero-order valence-electron chi connectivity index (χ0n) is 7.58. The fraction of sp³-hybridized carbons (Fsp3) is 0.625. The van der Waals surface area contributed by atoms with Crippen molar-refractivity contribution in [2.24, 2.45) is 5.73 Å². The molecule has 0 fully saturated rings. The number of amides is 1. The molecule has 5 heteroatoms. The molecule has 0 aliphatic carbocycles. The van der Waals surface area contributed by atoms with Gasteiger partial charge in [0.05, 0.1) is 12.6 Å². The maximum Gasteiger partial charge on any atom is 0.238 e. The zero-order valence-corrected chi connectivity index (χ0v) is 9.21. The largest absolute Gasteiger partial charge is 0.344 e. The Hall–Kier alpha value is -0.310. The molecule has 1 atom stereocenters. The summed E-state index contributed by atoms with van der Waals surface area (Å²) in [5.41, 5.74) is 5.58. The summed E-state index contributed by atoms with van der Waals surface area (Å²) >= 11 is 0. The molecule has 0 aliphatic rings. The van der Waals surface area contributed by atoms with Gasteiger partial charge in [-0.1, -0.05) is 34.4 Å². The van der Waals surface area contributed by atoms with Gasteiger partial charge in [-0.05, 0) is 0 Å². The second-order valence-corrected chi connectivity index (χ2v) is 5.02. The predicted octanol–water partition coefficient (Wildman–Crippen LogP) is 0.464. The lowest BCUT2D eigenvalue weighted by molar-refractivity contribution is -0.121. The van der Waals surface area contributed by atoms with Crippen LogP contribution in [0.25, 0.3) is 0 Å². The first kappa shape index (κ1) is 12.7. The normalized spacial score (nSPS) is 11.8. The van der Waals surface area contributed by atoms with Crippen molar-refractivity contribution in [3.63, 3.8) is 0 Å². The Morgan fingerprint density at radius 3 is 2.92 bits per heavy atom. The summed E-state index contributed by atoms with van der Waals surface area (Å²) in [6.45, 7) is 2.31. The number of nitrogens with two attached hydrogens (primary N) is 1. The van der Waals surface area contributed by atoms with Gasteiger partial charge in [-0.2, -0.15) is 0 Å². The summed E-state index contributed by atoms with van der Waals surface area (Å²) in [4.78, 5) is 11.1. The highest BCUT2D eigenvalue weighted by molar-refractivity contribution is 8.76. The average molecular weight is 218 g/mol. The monoisotopic (exact) mass is 218 g/mol. The van der Waals surface area contributed by atoms with Gasteiger partial charge in [-0.3, -0.25) is 4.79 Å². The van der Waals surface area contributed by atoms with E-state index in [1.54, 1.807) is 21.6 Å². The van der Waals surface area contributed by atoms with E-state index >= 15 is 0 Å². The third-order valence-electron chi connectivity index (χ3n) is 1.15. The SMILES string of the molecule is C#CCNC(=O)C(N)CSSCC. The maximum absolute atomic E-state index is 11.1. The smallest absolute Gasteiger partial charge is 0.238 e. The average Bonchev–Trinajstić information content (AvgIpc) is 2.14. The molecule has 0 spiro atoms. The van der Waals surface area contributed by atoms with Crippen LogP contribution in [-0.4, -0.2) is 30.0 Å². The summed E-state index contributed by atoms with van der Waals surface area (Å²) in [7, 11) is 3.30. The predicted molar refractivity (Wildman–Crippen MR) is 60.4 cm³/mol. The van der Waals surface area contributed by atoms with Gasteiger partial charge in [-0.15, -0.1) is 6.42 Å². The van der Waals surface area contributed by atoms with Crippen LogP contribution in [0.5, 0.6) is 0 Å². The molecule has 0 aromatic carbocycles. The van der Waals surface area contributed by atoms with E-state index in [2.05, 4.69) is 18.2 Å². The van der Waals surface area contributed by atoms with Gasteiger partial charge in [0.15, 0.2) is 0 Å². The molecule has 0 bridgehead atoms. The minimum absolute atomic E-state index is 0.179. The van der Waals surface area contributed by atoms with E-state index in [1.807, 2.05) is 0 Å². The van der Waals surface area contributed by atoms with Crippen LogP contribution in [-0.2, 0) is 4.79 Å². The number of rotatable bonds is 6. The lowest BCUT2D eigenvalue weighted by atomic mass is 10.3. The van der Waals surface area contributed by atoms with Crippen LogP contribution < -0.4 is 11.1 Å². The molecule has 74 valence electrons. The second-order valence-electron chi connectivity index (χ2n) is 2.22. The molecular weight excluding hydrogens is 204 g/mol. The fourth-order valence-corrected chi connectivity index (χ4v) is 2.34. The molecule has 1 amide bonds. The van der Waals surface area contributed by atoms with Gasteiger partial charge >= 0.3 is 0 Å². The van der Waals surface area contributed by atoms with Crippen molar-refractivity contribution in [1.82, 2.24) is 5.32 Å². The van der Waals surface area contributed by atoms with Gasteiger partial charge in [0.2, 0.25) is 5.91 Å². The van der Waals surface area contributed by atoms with Crippen molar-refractivity contribution < 1.29 is 4.79 Å². The Bertz CT molecular complexity index is 191. The van der Waals surface area contributed by atoms with Gasteiger partial charge < -0.3 is 11.1 Å². The van der Waals surface area contributed by atoms with Gasteiger partial charge in [0, 0.05) is 11.5 Å². The molecule has 0 aromatic rings. The lowest BCUT2D eigenvalue weighted by Crippen LogP contribution is -2.42. The van der Waals surface area contributed by atoms with Crippen molar-refractivity contribution in [2.45, 2.75) is 13.0 Å². The van der Waals surface area contributed by atoms with Crippen LogP contribution in [0.15, 0.2) is 0 Å². The van der Waals surface area contributed by atoms with Crippen molar-refractivity contribution in [3.05, 3.63) is 0 Å². The maximum atomic E-state index is 11.1.